The summed E-state index contributed by atoms with van der Waals surface area (Å²) >= 11 is 5.02. The van der Waals surface area contributed by atoms with Crippen LogP contribution < -0.4 is 0 Å². The van der Waals surface area contributed by atoms with Gasteiger partial charge in [0.15, 0.2) is 0 Å². The first-order valence-electron chi connectivity index (χ1n) is 2.53. The monoisotopic (exact) mass is 358 g/mol. The van der Waals surface area contributed by atoms with Gasteiger partial charge in [0.2, 0.25) is 0 Å². The normalized spacial score (nSPS) is 14.0. The maximum absolute atomic E-state index is 2.58. The van der Waals surface area contributed by atoms with Crippen LogP contribution in [-0.4, -0.2) is 22.7 Å². The maximum Gasteiger partial charge on any atom is 0.000281 e. The van der Waals surface area contributed by atoms with Gasteiger partial charge in [0, 0.05) is 4.43 Å². The van der Waals surface area contributed by atoms with E-state index < -0.39 is 0 Å². The van der Waals surface area contributed by atoms with Crippen molar-refractivity contribution in [3.05, 3.63) is 0 Å². The molecule has 3 heteroatoms. The minimum absolute atomic E-state index is 0.221. The first-order valence-corrected chi connectivity index (χ1v) is 9.21. The molecule has 0 saturated carbocycles. The van der Waals surface area contributed by atoms with Gasteiger partial charge in [-0.15, -0.1) is 0 Å². The number of hydrogen-bond acceptors (Lipinski definition) is 0. The summed E-state index contributed by atoms with van der Waals surface area (Å²) < 4.78 is 1.32. The maximum atomic E-state index is 2.58. The number of alkyl halides is 1. The van der Waals surface area contributed by atoms with Gasteiger partial charge in [0.25, 0.3) is 0 Å². The van der Waals surface area contributed by atoms with Crippen LogP contribution in [0.5, 0.6) is 0 Å². The Morgan fingerprint density at radius 2 is 1.88 bits per heavy atom. The molecule has 8 heavy (non-hydrogen) atoms. The summed E-state index contributed by atoms with van der Waals surface area (Å²) in [5, 5.41) is 0. The van der Waals surface area contributed by atoms with Gasteiger partial charge in [-0.3, -0.25) is 0 Å². The lowest BCUT2D eigenvalue weighted by Gasteiger charge is -2.21. The molecule has 0 aromatic rings. The minimum Gasteiger partial charge on any atom is -0.193 e. The van der Waals surface area contributed by atoms with Crippen molar-refractivity contribution in [2.24, 2.45) is 0 Å². The highest BCUT2D eigenvalue weighted by atomic mass is 127. The molecule has 0 aromatic carbocycles. The van der Waals surface area contributed by atoms with E-state index in [1.807, 2.05) is 0 Å². The van der Waals surface area contributed by atoms with E-state index in [2.05, 4.69) is 56.3 Å². The van der Waals surface area contributed by atoms with Gasteiger partial charge in [0.1, 0.15) is 0 Å². The molecule has 0 bridgehead atoms. The molecule has 0 unspecified atom stereocenters. The quantitative estimate of drug-likeness (QED) is 0.537. The molecule has 0 nitrogen and oxygen atoms in total. The first-order chi connectivity index (χ1) is 3.56. The highest BCUT2D eigenvalue weighted by Crippen LogP contribution is 2.49. The van der Waals surface area contributed by atoms with Crippen LogP contribution in [0.25, 0.3) is 0 Å². The molecule has 0 aromatic heterocycles. The summed E-state index contributed by atoms with van der Waals surface area (Å²) in [6.07, 6.45) is 6.12. The molecule has 0 aliphatic carbocycles. The van der Waals surface area contributed by atoms with Gasteiger partial charge in [-0.2, -0.15) is 7.20 Å². The van der Waals surface area contributed by atoms with Crippen molar-refractivity contribution in [3.8, 4) is 0 Å². The Kier molecular flexibility index (Phi) is 5.64. The molecule has 0 radical (unpaired) electrons. The average Bonchev–Trinajstić information content (AvgIpc) is 1.59. The Morgan fingerprint density at radius 1 is 1.38 bits per heavy atom. The smallest absolute Gasteiger partial charge is 0.000281 e. The van der Waals surface area contributed by atoms with Crippen LogP contribution in [0.4, 0.5) is 0 Å². The third-order valence-electron chi connectivity index (χ3n) is 0.763. The molecule has 0 fully saturated rings. The standard InChI is InChI=1S/C5H12I2S/c1-8(2,7)5-3-4-6/h3-5H2,1-2H3. The molecule has 0 spiro atoms. The summed E-state index contributed by atoms with van der Waals surface area (Å²) in [5.41, 5.74) is 0. The van der Waals surface area contributed by atoms with Gasteiger partial charge in [-0.1, -0.05) is 22.6 Å². The van der Waals surface area contributed by atoms with E-state index in [4.69, 9.17) is 0 Å². The molecule has 0 aliphatic rings. The van der Waals surface area contributed by atoms with Gasteiger partial charge < -0.3 is 0 Å². The summed E-state index contributed by atoms with van der Waals surface area (Å²) in [4.78, 5) is 0. The largest absolute Gasteiger partial charge is 0.193 e. The van der Waals surface area contributed by atoms with Crippen LogP contribution in [0, 0.1) is 0 Å². The Balaban J connectivity index is 3.11. The minimum atomic E-state index is -0.221. The van der Waals surface area contributed by atoms with Crippen molar-refractivity contribution in [1.82, 2.24) is 0 Å². The van der Waals surface area contributed by atoms with E-state index in [-0.39, 0.29) is 7.20 Å². The predicted octanol–water partition coefficient (Wildman–Crippen LogP) is 3.23. The molecule has 0 saturated heterocycles. The second-order valence-corrected chi connectivity index (χ2v) is 13.6. The Hall–Kier alpha value is 1.81. The summed E-state index contributed by atoms with van der Waals surface area (Å²) in [7, 11) is -0.221. The first kappa shape index (κ1) is 9.81. The predicted molar refractivity (Wildman–Crippen MR) is 61.8 cm³/mol. The number of hydrogen-bond donors (Lipinski definition) is 0. The molecule has 0 N–H and O–H groups in total. The fraction of sp³-hybridized carbons (Fsp3) is 1.00. The lowest BCUT2D eigenvalue weighted by atomic mass is 10.6. The highest BCUT2D eigenvalue weighted by Gasteiger charge is 2.03. The van der Waals surface area contributed by atoms with Crippen molar-refractivity contribution in [2.75, 3.05) is 22.7 Å². The summed E-state index contributed by atoms with van der Waals surface area (Å²) in [6, 6.07) is 0. The zero-order chi connectivity index (χ0) is 6.62. The lowest BCUT2D eigenvalue weighted by molar-refractivity contribution is 1.14. The van der Waals surface area contributed by atoms with Crippen LogP contribution in [0.15, 0.2) is 0 Å². The second kappa shape index (κ2) is 4.60. The third-order valence-corrected chi connectivity index (χ3v) is 4.11. The van der Waals surface area contributed by atoms with E-state index in [0.29, 0.717) is 0 Å². The molecular weight excluding hydrogens is 346 g/mol. The van der Waals surface area contributed by atoms with Crippen LogP contribution >= 0.6 is 51.0 Å². The zero-order valence-corrected chi connectivity index (χ0v) is 10.4. The van der Waals surface area contributed by atoms with Crippen molar-refractivity contribution in [2.45, 2.75) is 6.42 Å². The van der Waals surface area contributed by atoms with Crippen molar-refractivity contribution < 1.29 is 0 Å². The average molecular weight is 358 g/mol. The second-order valence-electron chi connectivity index (χ2n) is 2.15. The Labute approximate surface area is 79.2 Å². The summed E-state index contributed by atoms with van der Waals surface area (Å²) in [5.74, 6) is 1.43. The van der Waals surface area contributed by atoms with E-state index in [1.165, 1.54) is 16.6 Å². The number of halogens is 2. The lowest BCUT2D eigenvalue weighted by Crippen LogP contribution is -1.92. The zero-order valence-electron chi connectivity index (χ0n) is 5.29. The Morgan fingerprint density at radius 3 is 2.00 bits per heavy atom. The molecule has 0 rings (SSSR count). The van der Waals surface area contributed by atoms with Crippen molar-refractivity contribution in [1.29, 1.82) is 0 Å². The molecule has 0 atom stereocenters. The SMILES string of the molecule is CS(C)(I)CCCI. The molecule has 0 heterocycles. The fourth-order valence-corrected chi connectivity index (χ4v) is 3.06. The molecule has 0 aliphatic heterocycles. The van der Waals surface area contributed by atoms with Gasteiger partial charge in [-0.05, 0) is 45.9 Å². The van der Waals surface area contributed by atoms with Crippen LogP contribution in [0.2, 0.25) is 0 Å². The topological polar surface area (TPSA) is 0 Å². The molecular formula is C5H12I2S. The third kappa shape index (κ3) is 7.81. The van der Waals surface area contributed by atoms with E-state index in [0.717, 1.165) is 0 Å². The van der Waals surface area contributed by atoms with Gasteiger partial charge >= 0.3 is 0 Å². The van der Waals surface area contributed by atoms with Gasteiger partial charge in [0.05, 0.1) is 0 Å². The highest BCUT2D eigenvalue weighted by molar-refractivity contribution is 14.2. The Bertz CT molecular complexity index is 57.9. The van der Waals surface area contributed by atoms with E-state index in [1.54, 1.807) is 0 Å². The molecule has 52 valence electrons. The fourth-order valence-electron chi connectivity index (χ4n) is 0.398. The molecule has 0 amide bonds. The number of rotatable bonds is 3. The van der Waals surface area contributed by atoms with Crippen LogP contribution in [-0.2, 0) is 0 Å². The summed E-state index contributed by atoms with van der Waals surface area (Å²) in [6.45, 7) is 0. The van der Waals surface area contributed by atoms with Crippen LogP contribution in [0.3, 0.4) is 0 Å². The van der Waals surface area contributed by atoms with Crippen LogP contribution in [0.1, 0.15) is 6.42 Å². The van der Waals surface area contributed by atoms with Crippen molar-refractivity contribution in [3.63, 3.8) is 0 Å². The van der Waals surface area contributed by atoms with E-state index in [9.17, 15) is 0 Å². The van der Waals surface area contributed by atoms with E-state index >= 15 is 0 Å². The van der Waals surface area contributed by atoms with Gasteiger partial charge in [-0.25, -0.2) is 0 Å². The van der Waals surface area contributed by atoms with Crippen molar-refractivity contribution >= 4 is 51.0 Å².